The summed E-state index contributed by atoms with van der Waals surface area (Å²) in [7, 11) is 0. The van der Waals surface area contributed by atoms with Gasteiger partial charge in [-0.3, -0.25) is 9.59 Å². The van der Waals surface area contributed by atoms with Gasteiger partial charge in [-0.25, -0.2) is 4.68 Å². The van der Waals surface area contributed by atoms with E-state index in [0.29, 0.717) is 12.1 Å². The van der Waals surface area contributed by atoms with E-state index in [1.165, 1.54) is 4.68 Å². The average Bonchev–Trinajstić information content (AvgIpc) is 2.87. The van der Waals surface area contributed by atoms with Crippen LogP contribution in [0.3, 0.4) is 0 Å². The van der Waals surface area contributed by atoms with Crippen LogP contribution in [0.5, 0.6) is 0 Å². The molecule has 0 aromatic carbocycles. The number of carbonyl (C=O) groups excluding carboxylic acids is 2. The number of nitrogens with zero attached hydrogens (tertiary/aromatic N) is 3. The second kappa shape index (κ2) is 7.03. The van der Waals surface area contributed by atoms with Crippen molar-refractivity contribution in [1.29, 1.82) is 0 Å². The summed E-state index contributed by atoms with van der Waals surface area (Å²) < 4.78 is 1.22. The number of hydroxylamine groups is 2. The van der Waals surface area contributed by atoms with Gasteiger partial charge in [-0.15, -0.1) is 0 Å². The summed E-state index contributed by atoms with van der Waals surface area (Å²) in [6.45, 7) is 13.2. The first-order chi connectivity index (χ1) is 10.8. The van der Waals surface area contributed by atoms with Gasteiger partial charge in [0.1, 0.15) is 6.04 Å². The summed E-state index contributed by atoms with van der Waals surface area (Å²) in [4.78, 5) is 24.6. The SMILES string of the molecule is CCCC(C(=O)n1nc(C(N)=O)cc1C(C)(C)C)N(O)C(C)(C)C. The first kappa shape index (κ1) is 20.3. The topological polar surface area (TPSA) is 101 Å². The van der Waals surface area contributed by atoms with E-state index in [9.17, 15) is 14.8 Å². The predicted octanol–water partition coefficient (Wildman–Crippen LogP) is 2.58. The molecule has 1 atom stereocenters. The minimum Gasteiger partial charge on any atom is -0.364 e. The minimum absolute atomic E-state index is 0.0452. The second-order valence-corrected chi connectivity index (χ2v) is 8.10. The Balaban J connectivity index is 3.40. The molecule has 0 aliphatic heterocycles. The van der Waals surface area contributed by atoms with Gasteiger partial charge >= 0.3 is 0 Å². The fraction of sp³-hybridized carbons (Fsp3) is 0.706. The summed E-state index contributed by atoms with van der Waals surface area (Å²) >= 11 is 0. The van der Waals surface area contributed by atoms with E-state index in [1.54, 1.807) is 6.07 Å². The van der Waals surface area contributed by atoms with Gasteiger partial charge in [-0.1, -0.05) is 34.1 Å². The molecule has 0 spiro atoms. The van der Waals surface area contributed by atoms with Crippen molar-refractivity contribution in [2.75, 3.05) is 0 Å². The van der Waals surface area contributed by atoms with Crippen molar-refractivity contribution in [3.8, 4) is 0 Å². The Bertz CT molecular complexity index is 608. The molecule has 7 nitrogen and oxygen atoms in total. The molecule has 0 saturated carbocycles. The van der Waals surface area contributed by atoms with E-state index >= 15 is 0 Å². The molecular formula is C17H30N4O3. The van der Waals surface area contributed by atoms with E-state index < -0.39 is 22.9 Å². The highest BCUT2D eigenvalue weighted by atomic mass is 16.5. The molecule has 1 heterocycles. The number of hydrogen-bond acceptors (Lipinski definition) is 5. The molecule has 7 heteroatoms. The van der Waals surface area contributed by atoms with Gasteiger partial charge in [0, 0.05) is 11.0 Å². The van der Waals surface area contributed by atoms with Crippen LogP contribution in [-0.4, -0.2) is 43.4 Å². The highest BCUT2D eigenvalue weighted by molar-refractivity contribution is 5.92. The third-order valence-corrected chi connectivity index (χ3v) is 3.77. The van der Waals surface area contributed by atoms with E-state index in [-0.39, 0.29) is 11.6 Å². The molecular weight excluding hydrogens is 308 g/mol. The lowest BCUT2D eigenvalue weighted by Gasteiger charge is -2.35. The van der Waals surface area contributed by atoms with Gasteiger partial charge in [0.2, 0.25) is 0 Å². The maximum atomic E-state index is 13.1. The number of primary amides is 1. The zero-order valence-electron chi connectivity index (χ0n) is 15.8. The van der Waals surface area contributed by atoms with Crippen molar-refractivity contribution in [2.24, 2.45) is 5.73 Å². The Morgan fingerprint density at radius 2 is 1.83 bits per heavy atom. The number of carbonyl (C=O) groups is 2. The number of rotatable bonds is 5. The third-order valence-electron chi connectivity index (χ3n) is 3.77. The smallest absolute Gasteiger partial charge is 0.269 e. The summed E-state index contributed by atoms with van der Waals surface area (Å²) in [5.41, 5.74) is 4.94. The number of amides is 1. The lowest BCUT2D eigenvalue weighted by Crippen LogP contribution is -2.51. The van der Waals surface area contributed by atoms with Crippen LogP contribution in [0.25, 0.3) is 0 Å². The van der Waals surface area contributed by atoms with Crippen molar-refractivity contribution in [2.45, 2.75) is 78.3 Å². The van der Waals surface area contributed by atoms with Crippen molar-refractivity contribution in [3.05, 3.63) is 17.5 Å². The number of aromatic nitrogens is 2. The van der Waals surface area contributed by atoms with Gasteiger partial charge in [-0.05, 0) is 33.3 Å². The van der Waals surface area contributed by atoms with E-state index in [4.69, 9.17) is 5.73 Å². The minimum atomic E-state index is -0.753. The van der Waals surface area contributed by atoms with Crippen LogP contribution >= 0.6 is 0 Å². The van der Waals surface area contributed by atoms with Gasteiger partial charge in [0.05, 0.1) is 5.69 Å². The molecule has 0 bridgehead atoms. The summed E-state index contributed by atoms with van der Waals surface area (Å²) in [5, 5.41) is 15.7. The Kier molecular flexibility index (Phi) is 5.95. The zero-order valence-corrected chi connectivity index (χ0v) is 15.8. The quantitative estimate of drug-likeness (QED) is 0.804. The van der Waals surface area contributed by atoms with Crippen LogP contribution in [0.4, 0.5) is 0 Å². The monoisotopic (exact) mass is 338 g/mol. The first-order valence-corrected chi connectivity index (χ1v) is 8.23. The summed E-state index contributed by atoms with van der Waals surface area (Å²) in [5.74, 6) is -1.05. The Hall–Kier alpha value is -1.73. The number of nitrogens with two attached hydrogens (primary N) is 1. The molecule has 0 aliphatic rings. The van der Waals surface area contributed by atoms with Crippen molar-refractivity contribution in [1.82, 2.24) is 14.8 Å². The highest BCUT2D eigenvalue weighted by Gasteiger charge is 2.36. The van der Waals surface area contributed by atoms with Gasteiger partial charge in [-0.2, -0.15) is 10.2 Å². The molecule has 136 valence electrons. The lowest BCUT2D eigenvalue weighted by molar-refractivity contribution is -0.177. The molecule has 1 aromatic heterocycles. The third kappa shape index (κ3) is 4.42. The molecule has 24 heavy (non-hydrogen) atoms. The Morgan fingerprint density at radius 3 is 2.21 bits per heavy atom. The molecule has 1 unspecified atom stereocenters. The second-order valence-electron chi connectivity index (χ2n) is 8.10. The average molecular weight is 338 g/mol. The van der Waals surface area contributed by atoms with E-state index in [2.05, 4.69) is 5.10 Å². The van der Waals surface area contributed by atoms with E-state index in [0.717, 1.165) is 11.5 Å². The molecule has 0 saturated heterocycles. The first-order valence-electron chi connectivity index (χ1n) is 8.23. The van der Waals surface area contributed by atoms with Crippen LogP contribution < -0.4 is 5.73 Å². The predicted molar refractivity (Wildman–Crippen MR) is 92.1 cm³/mol. The van der Waals surface area contributed by atoms with Crippen molar-refractivity contribution in [3.63, 3.8) is 0 Å². The summed E-state index contributed by atoms with van der Waals surface area (Å²) in [6, 6.07) is 0.791. The fourth-order valence-corrected chi connectivity index (χ4v) is 2.44. The highest BCUT2D eigenvalue weighted by Crippen LogP contribution is 2.25. The Morgan fingerprint density at radius 1 is 1.29 bits per heavy atom. The van der Waals surface area contributed by atoms with Gasteiger partial charge < -0.3 is 10.9 Å². The molecule has 1 amide bonds. The van der Waals surface area contributed by atoms with Crippen molar-refractivity contribution >= 4 is 11.8 Å². The van der Waals surface area contributed by atoms with Gasteiger partial charge in [0.25, 0.3) is 11.8 Å². The largest absolute Gasteiger partial charge is 0.364 e. The maximum absolute atomic E-state index is 13.1. The molecule has 1 aromatic rings. The number of hydrogen-bond donors (Lipinski definition) is 2. The molecule has 0 fully saturated rings. The summed E-state index contributed by atoms with van der Waals surface area (Å²) in [6.07, 6.45) is 1.19. The standard InChI is InChI=1S/C17H30N4O3/c1-8-9-12(21(24)17(5,6)7)15(23)20-13(16(2,3)4)10-11(19-20)14(18)22/h10,12,24H,8-9H2,1-7H3,(H2,18,22). The van der Waals surface area contributed by atoms with Crippen molar-refractivity contribution < 1.29 is 14.8 Å². The fourth-order valence-electron chi connectivity index (χ4n) is 2.44. The van der Waals surface area contributed by atoms with Crippen LogP contribution in [0.15, 0.2) is 6.07 Å². The zero-order chi connectivity index (χ0) is 18.9. The van der Waals surface area contributed by atoms with Crippen LogP contribution in [0.2, 0.25) is 0 Å². The van der Waals surface area contributed by atoms with Gasteiger partial charge in [0.15, 0.2) is 5.69 Å². The molecule has 3 N–H and O–H groups in total. The maximum Gasteiger partial charge on any atom is 0.269 e. The molecule has 1 rings (SSSR count). The van der Waals surface area contributed by atoms with Crippen LogP contribution in [0, 0.1) is 0 Å². The van der Waals surface area contributed by atoms with Crippen LogP contribution in [0.1, 0.15) is 82.3 Å². The van der Waals surface area contributed by atoms with Crippen LogP contribution in [-0.2, 0) is 5.41 Å². The Labute approximate surface area is 143 Å². The lowest BCUT2D eigenvalue weighted by atomic mass is 9.91. The molecule has 0 radical (unpaired) electrons. The van der Waals surface area contributed by atoms with E-state index in [1.807, 2.05) is 48.5 Å². The normalized spacial score (nSPS) is 14.0. The molecule has 0 aliphatic carbocycles.